The Bertz CT molecular complexity index is 295. The van der Waals surface area contributed by atoms with E-state index in [1.54, 1.807) is 0 Å². The van der Waals surface area contributed by atoms with Gasteiger partial charge >= 0.3 is 0 Å². The van der Waals surface area contributed by atoms with Crippen molar-refractivity contribution < 1.29 is 9.90 Å². The molecule has 0 bridgehead atoms. The fourth-order valence-electron chi connectivity index (χ4n) is 3.33. The van der Waals surface area contributed by atoms with E-state index in [9.17, 15) is 9.90 Å². The Labute approximate surface area is 116 Å². The molecule has 4 nitrogen and oxygen atoms in total. The zero-order valence-electron chi connectivity index (χ0n) is 12.1. The minimum Gasteiger partial charge on any atom is -0.393 e. The third kappa shape index (κ3) is 4.46. The monoisotopic (exact) mass is 268 g/mol. The van der Waals surface area contributed by atoms with Gasteiger partial charge in [-0.15, -0.1) is 0 Å². The van der Waals surface area contributed by atoms with Crippen LogP contribution in [0.3, 0.4) is 0 Å². The molecule has 0 saturated heterocycles. The van der Waals surface area contributed by atoms with Crippen LogP contribution >= 0.6 is 0 Å². The van der Waals surface area contributed by atoms with Crippen LogP contribution < -0.4 is 5.73 Å². The van der Waals surface area contributed by atoms with E-state index in [1.165, 1.54) is 12.8 Å². The summed E-state index contributed by atoms with van der Waals surface area (Å²) in [4.78, 5) is 13.9. The fourth-order valence-corrected chi connectivity index (χ4v) is 3.33. The Morgan fingerprint density at radius 2 is 1.84 bits per heavy atom. The molecule has 2 fully saturated rings. The van der Waals surface area contributed by atoms with Crippen LogP contribution in [-0.2, 0) is 4.79 Å². The van der Waals surface area contributed by atoms with E-state index < -0.39 is 0 Å². The van der Waals surface area contributed by atoms with Crippen LogP contribution in [0.4, 0.5) is 0 Å². The number of aliphatic hydroxyl groups is 1. The second-order valence-corrected chi connectivity index (χ2v) is 6.58. The molecule has 0 aliphatic heterocycles. The van der Waals surface area contributed by atoms with Crippen molar-refractivity contribution in [2.75, 3.05) is 13.6 Å². The Morgan fingerprint density at radius 1 is 1.21 bits per heavy atom. The van der Waals surface area contributed by atoms with Gasteiger partial charge in [0.2, 0.25) is 5.91 Å². The minimum absolute atomic E-state index is 0.125. The molecule has 2 saturated carbocycles. The Kier molecular flexibility index (Phi) is 5.22. The number of nitrogens with two attached hydrogens (primary N) is 1. The summed E-state index contributed by atoms with van der Waals surface area (Å²) in [6.45, 7) is 0.811. The van der Waals surface area contributed by atoms with E-state index in [0.717, 1.165) is 38.6 Å². The molecule has 0 atom stereocenters. The molecule has 4 heteroatoms. The largest absolute Gasteiger partial charge is 0.393 e. The van der Waals surface area contributed by atoms with Crippen LogP contribution in [0.5, 0.6) is 0 Å². The van der Waals surface area contributed by atoms with Crippen molar-refractivity contribution in [3.8, 4) is 0 Å². The lowest BCUT2D eigenvalue weighted by atomic mass is 9.82. The van der Waals surface area contributed by atoms with Crippen molar-refractivity contribution >= 4 is 5.91 Å². The molecule has 0 aromatic carbocycles. The van der Waals surface area contributed by atoms with Gasteiger partial charge in [-0.3, -0.25) is 4.79 Å². The van der Waals surface area contributed by atoms with Gasteiger partial charge in [0.15, 0.2) is 0 Å². The molecule has 3 N–H and O–H groups in total. The van der Waals surface area contributed by atoms with Gasteiger partial charge < -0.3 is 15.7 Å². The molecule has 0 unspecified atom stereocenters. The first-order valence-electron chi connectivity index (χ1n) is 7.72. The maximum Gasteiger partial charge on any atom is 0.222 e. The smallest absolute Gasteiger partial charge is 0.222 e. The van der Waals surface area contributed by atoms with E-state index in [0.29, 0.717) is 24.3 Å². The second-order valence-electron chi connectivity index (χ2n) is 6.58. The molecule has 2 rings (SSSR count). The van der Waals surface area contributed by atoms with E-state index in [2.05, 4.69) is 0 Å². The number of amides is 1. The summed E-state index contributed by atoms with van der Waals surface area (Å²) in [5, 5.41) is 9.25. The molecule has 0 radical (unpaired) electrons. The van der Waals surface area contributed by atoms with Crippen molar-refractivity contribution in [1.82, 2.24) is 4.90 Å². The van der Waals surface area contributed by atoms with Crippen LogP contribution in [-0.4, -0.2) is 41.7 Å². The maximum atomic E-state index is 12.0. The molecule has 2 aliphatic rings. The summed E-state index contributed by atoms with van der Waals surface area (Å²) in [6.07, 6.45) is 7.90. The third-order valence-electron chi connectivity index (χ3n) is 4.83. The molecule has 19 heavy (non-hydrogen) atoms. The van der Waals surface area contributed by atoms with Crippen LogP contribution in [0.15, 0.2) is 0 Å². The lowest BCUT2D eigenvalue weighted by Crippen LogP contribution is -2.39. The molecule has 0 aromatic rings. The topological polar surface area (TPSA) is 66.6 Å². The lowest BCUT2D eigenvalue weighted by molar-refractivity contribution is -0.131. The second kappa shape index (κ2) is 6.71. The Balaban J connectivity index is 1.60. The van der Waals surface area contributed by atoms with Crippen LogP contribution in [0.1, 0.15) is 51.4 Å². The summed E-state index contributed by atoms with van der Waals surface area (Å²) in [5.74, 6) is 1.47. The van der Waals surface area contributed by atoms with E-state index in [4.69, 9.17) is 5.73 Å². The fraction of sp³-hybridized carbons (Fsp3) is 0.933. The quantitative estimate of drug-likeness (QED) is 0.794. The summed E-state index contributed by atoms with van der Waals surface area (Å²) in [5.41, 5.74) is 5.89. The summed E-state index contributed by atoms with van der Waals surface area (Å²) < 4.78 is 0. The highest BCUT2D eigenvalue weighted by molar-refractivity contribution is 5.75. The standard InChI is InChI=1S/C15H28N2O2/c1-17(10-12-8-14(18)9-12)15(19)7-4-11-2-5-13(16)6-3-11/h11-14,18H,2-10,16H2,1H3. The molecular formula is C15H28N2O2. The predicted octanol–water partition coefficient (Wildman–Crippen LogP) is 1.51. The third-order valence-corrected chi connectivity index (χ3v) is 4.83. The number of nitrogens with zero attached hydrogens (tertiary/aromatic N) is 1. The minimum atomic E-state index is -0.125. The number of carbonyl (C=O) groups is 1. The van der Waals surface area contributed by atoms with Crippen molar-refractivity contribution in [2.45, 2.75) is 63.5 Å². The van der Waals surface area contributed by atoms with E-state index in [1.807, 2.05) is 11.9 Å². The number of aliphatic hydroxyl groups excluding tert-OH is 1. The average molecular weight is 268 g/mol. The number of hydrogen-bond acceptors (Lipinski definition) is 3. The lowest BCUT2D eigenvalue weighted by Gasteiger charge is -2.34. The van der Waals surface area contributed by atoms with E-state index in [-0.39, 0.29) is 12.0 Å². The van der Waals surface area contributed by atoms with Crippen molar-refractivity contribution in [3.05, 3.63) is 0 Å². The van der Waals surface area contributed by atoms with Gasteiger partial charge in [0, 0.05) is 26.1 Å². The van der Waals surface area contributed by atoms with Gasteiger partial charge in [0.25, 0.3) is 0 Å². The molecule has 0 aromatic heterocycles. The van der Waals surface area contributed by atoms with Crippen molar-refractivity contribution in [3.63, 3.8) is 0 Å². The Hall–Kier alpha value is -0.610. The first-order chi connectivity index (χ1) is 9.04. The van der Waals surface area contributed by atoms with E-state index >= 15 is 0 Å². The summed E-state index contributed by atoms with van der Waals surface area (Å²) >= 11 is 0. The first-order valence-corrected chi connectivity index (χ1v) is 7.72. The zero-order chi connectivity index (χ0) is 13.8. The molecule has 1 amide bonds. The van der Waals surface area contributed by atoms with Gasteiger partial charge in [-0.25, -0.2) is 0 Å². The average Bonchev–Trinajstić information content (AvgIpc) is 2.35. The highest BCUT2D eigenvalue weighted by atomic mass is 16.3. The SMILES string of the molecule is CN(CC1CC(O)C1)C(=O)CCC1CCC(N)CC1. The van der Waals surface area contributed by atoms with Crippen LogP contribution in [0, 0.1) is 11.8 Å². The summed E-state index contributed by atoms with van der Waals surface area (Å²) in [6, 6.07) is 0.389. The van der Waals surface area contributed by atoms with Crippen molar-refractivity contribution in [1.29, 1.82) is 0 Å². The molecular weight excluding hydrogens is 240 g/mol. The molecule has 110 valence electrons. The zero-order valence-corrected chi connectivity index (χ0v) is 12.1. The van der Waals surface area contributed by atoms with Crippen molar-refractivity contribution in [2.24, 2.45) is 17.6 Å². The Morgan fingerprint density at radius 3 is 2.42 bits per heavy atom. The maximum absolute atomic E-state index is 12.0. The normalized spacial score (nSPS) is 34.7. The number of hydrogen-bond donors (Lipinski definition) is 2. The van der Waals surface area contributed by atoms with Gasteiger partial charge in [-0.1, -0.05) is 0 Å². The van der Waals surface area contributed by atoms with Gasteiger partial charge in [-0.2, -0.15) is 0 Å². The van der Waals surface area contributed by atoms with Crippen LogP contribution in [0.25, 0.3) is 0 Å². The highest BCUT2D eigenvalue weighted by Gasteiger charge is 2.29. The highest BCUT2D eigenvalue weighted by Crippen LogP contribution is 2.29. The van der Waals surface area contributed by atoms with Gasteiger partial charge in [0.1, 0.15) is 0 Å². The van der Waals surface area contributed by atoms with Gasteiger partial charge in [-0.05, 0) is 56.8 Å². The number of carbonyl (C=O) groups excluding carboxylic acids is 1. The number of rotatable bonds is 5. The molecule has 0 spiro atoms. The predicted molar refractivity (Wildman–Crippen MR) is 75.5 cm³/mol. The molecule has 2 aliphatic carbocycles. The first kappa shape index (κ1) is 14.8. The van der Waals surface area contributed by atoms with Gasteiger partial charge in [0.05, 0.1) is 6.10 Å². The van der Waals surface area contributed by atoms with Crippen LogP contribution in [0.2, 0.25) is 0 Å². The molecule has 0 heterocycles. The summed E-state index contributed by atoms with van der Waals surface area (Å²) in [7, 11) is 1.89.